The van der Waals surface area contributed by atoms with E-state index < -0.39 is 0 Å². The molecule has 1 aliphatic rings. The van der Waals surface area contributed by atoms with Gasteiger partial charge in [0.2, 0.25) is 0 Å². The van der Waals surface area contributed by atoms with Crippen molar-refractivity contribution in [3.63, 3.8) is 0 Å². The Kier molecular flexibility index (Phi) is 5.76. The van der Waals surface area contributed by atoms with Gasteiger partial charge in [-0.15, -0.1) is 0 Å². The van der Waals surface area contributed by atoms with Crippen LogP contribution in [0.5, 0.6) is 0 Å². The fourth-order valence-corrected chi connectivity index (χ4v) is 3.78. The lowest BCUT2D eigenvalue weighted by Crippen LogP contribution is -2.38. The van der Waals surface area contributed by atoms with Crippen LogP contribution in [0.15, 0.2) is 48.7 Å². The molecule has 2 aromatic heterocycles. The summed E-state index contributed by atoms with van der Waals surface area (Å²) < 4.78 is 7.97. The Hall–Kier alpha value is -2.21. The molecule has 0 amide bonds. The minimum Gasteiger partial charge on any atom is -0.369 e. The van der Waals surface area contributed by atoms with E-state index in [1.165, 1.54) is 11.3 Å². The summed E-state index contributed by atoms with van der Waals surface area (Å²) >= 11 is 6.31. The molecule has 0 aliphatic carbocycles. The van der Waals surface area contributed by atoms with Crippen molar-refractivity contribution < 1.29 is 4.74 Å². The number of hydrogen-bond donors (Lipinski definition) is 0. The lowest BCUT2D eigenvalue weighted by atomic mass is 10.1. The molecule has 5 nitrogen and oxygen atoms in total. The van der Waals surface area contributed by atoms with Crippen molar-refractivity contribution in [2.45, 2.75) is 26.0 Å². The summed E-state index contributed by atoms with van der Waals surface area (Å²) in [6.07, 6.45) is 2.66. The van der Waals surface area contributed by atoms with E-state index in [4.69, 9.17) is 21.3 Å². The average Bonchev–Trinajstić information content (AvgIpc) is 3.02. The molecule has 3 heterocycles. The number of aryl methyl sites for hydroxylation is 1. The van der Waals surface area contributed by atoms with Crippen molar-refractivity contribution in [2.24, 2.45) is 7.05 Å². The van der Waals surface area contributed by atoms with Crippen LogP contribution in [0.25, 0.3) is 0 Å². The molecule has 4 rings (SSSR count). The third kappa shape index (κ3) is 4.27. The smallest absolute Gasteiger partial charge is 0.112 e. The van der Waals surface area contributed by atoms with Crippen molar-refractivity contribution >= 4 is 11.6 Å². The largest absolute Gasteiger partial charge is 0.369 e. The molecule has 0 spiro atoms. The Morgan fingerprint density at radius 2 is 2.00 bits per heavy atom. The molecule has 28 heavy (non-hydrogen) atoms. The van der Waals surface area contributed by atoms with Gasteiger partial charge in [0, 0.05) is 55.1 Å². The minimum absolute atomic E-state index is 0.0167. The van der Waals surface area contributed by atoms with Gasteiger partial charge < -0.3 is 4.74 Å². The summed E-state index contributed by atoms with van der Waals surface area (Å²) in [7, 11) is 1.98. The SMILES string of the molecule is Cc1c(CN2CCO[C@@H](c3cccc(Cc4ccccc4Cl)n3)C2)cnn1C. The zero-order chi connectivity index (χ0) is 19.5. The van der Waals surface area contributed by atoms with Crippen LogP contribution in [-0.4, -0.2) is 39.4 Å². The molecule has 6 heteroatoms. The molecule has 0 N–H and O–H groups in total. The van der Waals surface area contributed by atoms with Gasteiger partial charge in [0.1, 0.15) is 6.10 Å². The van der Waals surface area contributed by atoms with Crippen LogP contribution in [0, 0.1) is 6.92 Å². The maximum absolute atomic E-state index is 6.31. The first-order valence-corrected chi connectivity index (χ1v) is 9.98. The highest BCUT2D eigenvalue weighted by molar-refractivity contribution is 6.31. The first-order valence-electron chi connectivity index (χ1n) is 9.61. The van der Waals surface area contributed by atoms with Gasteiger partial charge in [0.25, 0.3) is 0 Å². The molecule has 0 bridgehead atoms. The van der Waals surface area contributed by atoms with Crippen molar-refractivity contribution in [1.82, 2.24) is 19.7 Å². The van der Waals surface area contributed by atoms with E-state index in [1.54, 1.807) is 0 Å². The fraction of sp³-hybridized carbons (Fsp3) is 0.364. The first-order chi connectivity index (χ1) is 13.6. The summed E-state index contributed by atoms with van der Waals surface area (Å²) in [4.78, 5) is 7.29. The molecule has 0 radical (unpaired) electrons. The fourth-order valence-electron chi connectivity index (χ4n) is 3.58. The van der Waals surface area contributed by atoms with Crippen LogP contribution in [0.1, 0.15) is 34.3 Å². The molecular weight excluding hydrogens is 372 g/mol. The van der Waals surface area contributed by atoms with Crippen LogP contribution < -0.4 is 0 Å². The number of morpholine rings is 1. The quantitative estimate of drug-likeness (QED) is 0.655. The number of ether oxygens (including phenoxy) is 1. The van der Waals surface area contributed by atoms with Gasteiger partial charge in [0.05, 0.1) is 18.5 Å². The van der Waals surface area contributed by atoms with Gasteiger partial charge in [-0.3, -0.25) is 14.6 Å². The zero-order valence-corrected chi connectivity index (χ0v) is 17.1. The number of hydrogen-bond acceptors (Lipinski definition) is 4. The van der Waals surface area contributed by atoms with Crippen molar-refractivity contribution in [3.05, 3.63) is 81.9 Å². The Morgan fingerprint density at radius 3 is 2.79 bits per heavy atom. The number of aromatic nitrogens is 3. The van der Waals surface area contributed by atoms with Gasteiger partial charge in [-0.05, 0) is 30.7 Å². The van der Waals surface area contributed by atoms with E-state index >= 15 is 0 Å². The molecule has 0 saturated carbocycles. The number of halogens is 1. The summed E-state index contributed by atoms with van der Waals surface area (Å²) in [5.74, 6) is 0. The Morgan fingerprint density at radius 1 is 1.14 bits per heavy atom. The third-order valence-electron chi connectivity index (χ3n) is 5.37. The highest BCUT2D eigenvalue weighted by Crippen LogP contribution is 2.24. The molecule has 1 aliphatic heterocycles. The molecule has 3 aromatic rings. The standard InChI is InChI=1S/C22H25ClN4O/c1-16-18(13-24-26(16)2)14-27-10-11-28-22(15-27)21-9-5-7-19(25-21)12-17-6-3-4-8-20(17)23/h3-9,13,22H,10-12,14-15H2,1-2H3/t22-/m1/s1. The van der Waals surface area contributed by atoms with Crippen LogP contribution in [0.2, 0.25) is 5.02 Å². The maximum Gasteiger partial charge on any atom is 0.112 e. The van der Waals surface area contributed by atoms with Crippen molar-refractivity contribution in [1.29, 1.82) is 0 Å². The maximum atomic E-state index is 6.31. The predicted octanol–water partition coefficient (Wildman–Crippen LogP) is 3.94. The normalized spacial score (nSPS) is 17.8. The van der Waals surface area contributed by atoms with Gasteiger partial charge in [-0.25, -0.2) is 0 Å². The van der Waals surface area contributed by atoms with Crippen LogP contribution >= 0.6 is 11.6 Å². The lowest BCUT2D eigenvalue weighted by molar-refractivity contribution is -0.0351. The second-order valence-corrected chi connectivity index (χ2v) is 7.70. The first kappa shape index (κ1) is 19.1. The second-order valence-electron chi connectivity index (χ2n) is 7.30. The third-order valence-corrected chi connectivity index (χ3v) is 5.74. The molecular formula is C22H25ClN4O. The van der Waals surface area contributed by atoms with E-state index in [2.05, 4.69) is 29.1 Å². The number of rotatable bonds is 5. The summed E-state index contributed by atoms with van der Waals surface area (Å²) in [5.41, 5.74) is 5.56. The topological polar surface area (TPSA) is 43.2 Å². The summed E-state index contributed by atoms with van der Waals surface area (Å²) in [6.45, 7) is 5.46. The van der Waals surface area contributed by atoms with Crippen LogP contribution in [-0.2, 0) is 24.8 Å². The molecule has 1 atom stereocenters. The van der Waals surface area contributed by atoms with E-state index in [-0.39, 0.29) is 6.10 Å². The molecule has 0 unspecified atom stereocenters. The second kappa shape index (κ2) is 8.43. The summed E-state index contributed by atoms with van der Waals surface area (Å²) in [5, 5.41) is 5.13. The van der Waals surface area contributed by atoms with Gasteiger partial charge >= 0.3 is 0 Å². The van der Waals surface area contributed by atoms with Gasteiger partial charge in [-0.1, -0.05) is 35.9 Å². The Bertz CT molecular complexity index is 955. The molecule has 1 saturated heterocycles. The van der Waals surface area contributed by atoms with Crippen LogP contribution in [0.3, 0.4) is 0 Å². The van der Waals surface area contributed by atoms with Gasteiger partial charge in [0.15, 0.2) is 0 Å². The Balaban J connectivity index is 1.46. The number of pyridine rings is 1. The average molecular weight is 397 g/mol. The monoisotopic (exact) mass is 396 g/mol. The van der Waals surface area contributed by atoms with Crippen molar-refractivity contribution in [2.75, 3.05) is 19.7 Å². The van der Waals surface area contributed by atoms with E-state index in [9.17, 15) is 0 Å². The highest BCUT2D eigenvalue weighted by atomic mass is 35.5. The molecule has 146 valence electrons. The number of benzene rings is 1. The van der Waals surface area contributed by atoms with E-state index in [0.717, 1.165) is 48.0 Å². The van der Waals surface area contributed by atoms with Crippen molar-refractivity contribution in [3.8, 4) is 0 Å². The summed E-state index contributed by atoms with van der Waals surface area (Å²) in [6, 6.07) is 14.1. The van der Waals surface area contributed by atoms with E-state index in [1.807, 2.05) is 48.3 Å². The lowest BCUT2D eigenvalue weighted by Gasteiger charge is -2.32. The van der Waals surface area contributed by atoms with E-state index in [0.29, 0.717) is 6.61 Å². The molecule has 1 fully saturated rings. The number of nitrogens with zero attached hydrogens (tertiary/aromatic N) is 4. The molecule has 1 aromatic carbocycles. The van der Waals surface area contributed by atoms with Gasteiger partial charge in [-0.2, -0.15) is 5.10 Å². The highest BCUT2D eigenvalue weighted by Gasteiger charge is 2.24. The van der Waals surface area contributed by atoms with Crippen LogP contribution in [0.4, 0.5) is 0 Å². The Labute approximate surface area is 170 Å². The zero-order valence-electron chi connectivity index (χ0n) is 16.3. The predicted molar refractivity (Wildman–Crippen MR) is 110 cm³/mol. The minimum atomic E-state index is -0.0167.